The molecular weight excluding hydrogens is 196 g/mol. The van der Waals surface area contributed by atoms with E-state index in [0.29, 0.717) is 6.04 Å². The number of nitrogens with zero attached hydrogens (tertiary/aromatic N) is 1. The molecule has 0 amide bonds. The highest BCUT2D eigenvalue weighted by Crippen LogP contribution is 2.20. The quantitative estimate of drug-likeness (QED) is 0.821. The van der Waals surface area contributed by atoms with Crippen LogP contribution in [0.3, 0.4) is 0 Å². The maximum absolute atomic E-state index is 3.34. The van der Waals surface area contributed by atoms with Crippen LogP contribution in [0.4, 0.5) is 5.69 Å². The predicted octanol–water partition coefficient (Wildman–Crippen LogP) is 2.74. The van der Waals surface area contributed by atoms with Crippen molar-refractivity contribution >= 4 is 5.69 Å². The molecule has 0 aliphatic heterocycles. The van der Waals surface area contributed by atoms with Crippen LogP contribution in [0.1, 0.15) is 24.5 Å². The fourth-order valence-corrected chi connectivity index (χ4v) is 2.09. The third kappa shape index (κ3) is 3.24. The van der Waals surface area contributed by atoms with E-state index in [1.807, 2.05) is 7.05 Å². The zero-order valence-corrected chi connectivity index (χ0v) is 11.2. The maximum atomic E-state index is 3.34. The van der Waals surface area contributed by atoms with Gasteiger partial charge in [0.05, 0.1) is 0 Å². The minimum Gasteiger partial charge on any atom is -0.373 e. The Labute approximate surface area is 99.7 Å². The van der Waals surface area contributed by atoms with E-state index >= 15 is 0 Å². The van der Waals surface area contributed by atoms with Crippen molar-refractivity contribution in [2.45, 2.75) is 33.2 Å². The van der Waals surface area contributed by atoms with E-state index in [-0.39, 0.29) is 0 Å². The highest BCUT2D eigenvalue weighted by atomic mass is 15.1. The second-order valence-corrected chi connectivity index (χ2v) is 4.56. The number of hydrogen-bond acceptors (Lipinski definition) is 2. The van der Waals surface area contributed by atoms with E-state index in [2.05, 4.69) is 56.2 Å². The number of rotatable bonds is 5. The summed E-state index contributed by atoms with van der Waals surface area (Å²) in [7, 11) is 4.20. The lowest BCUT2D eigenvalue weighted by Crippen LogP contribution is -2.37. The van der Waals surface area contributed by atoms with Gasteiger partial charge in [0.1, 0.15) is 0 Å². The Bertz CT molecular complexity index is 330. The SMILES string of the molecule is CCC(CN(C)c1ccc(C)cc1C)NC. The van der Waals surface area contributed by atoms with Crippen molar-refractivity contribution in [3.05, 3.63) is 29.3 Å². The van der Waals surface area contributed by atoms with Crippen molar-refractivity contribution in [2.24, 2.45) is 0 Å². The van der Waals surface area contributed by atoms with Gasteiger partial charge in [-0.1, -0.05) is 24.6 Å². The normalized spacial score (nSPS) is 12.6. The van der Waals surface area contributed by atoms with Crippen LogP contribution < -0.4 is 10.2 Å². The van der Waals surface area contributed by atoms with Gasteiger partial charge in [0, 0.05) is 25.3 Å². The van der Waals surface area contributed by atoms with E-state index in [4.69, 9.17) is 0 Å². The smallest absolute Gasteiger partial charge is 0.0394 e. The van der Waals surface area contributed by atoms with E-state index < -0.39 is 0 Å². The zero-order valence-electron chi connectivity index (χ0n) is 11.2. The Balaban J connectivity index is 2.76. The van der Waals surface area contributed by atoms with Gasteiger partial charge in [-0.05, 0) is 38.9 Å². The van der Waals surface area contributed by atoms with Gasteiger partial charge in [0.15, 0.2) is 0 Å². The van der Waals surface area contributed by atoms with Gasteiger partial charge >= 0.3 is 0 Å². The summed E-state index contributed by atoms with van der Waals surface area (Å²) in [6.07, 6.45) is 1.16. The van der Waals surface area contributed by atoms with Crippen LogP contribution in [0, 0.1) is 13.8 Å². The van der Waals surface area contributed by atoms with Gasteiger partial charge in [-0.15, -0.1) is 0 Å². The highest BCUT2D eigenvalue weighted by molar-refractivity contribution is 5.53. The lowest BCUT2D eigenvalue weighted by Gasteiger charge is -2.26. The molecule has 1 rings (SSSR count). The van der Waals surface area contributed by atoms with Gasteiger partial charge in [-0.3, -0.25) is 0 Å². The number of benzene rings is 1. The number of hydrogen-bond donors (Lipinski definition) is 1. The molecule has 2 nitrogen and oxygen atoms in total. The standard InChI is InChI=1S/C14H24N2/c1-6-13(15-4)10-16(5)14-8-7-11(2)9-12(14)3/h7-9,13,15H,6,10H2,1-5H3. The minimum atomic E-state index is 0.561. The van der Waals surface area contributed by atoms with Crippen LogP contribution in [0.25, 0.3) is 0 Å². The Morgan fingerprint density at radius 3 is 2.50 bits per heavy atom. The molecule has 1 unspecified atom stereocenters. The van der Waals surface area contributed by atoms with Gasteiger partial charge in [-0.2, -0.15) is 0 Å². The molecule has 90 valence electrons. The zero-order chi connectivity index (χ0) is 12.1. The van der Waals surface area contributed by atoms with Crippen LogP contribution in [0.5, 0.6) is 0 Å². The van der Waals surface area contributed by atoms with Crippen molar-refractivity contribution in [3.63, 3.8) is 0 Å². The molecule has 1 atom stereocenters. The van der Waals surface area contributed by atoms with Crippen molar-refractivity contribution in [2.75, 3.05) is 25.5 Å². The predicted molar refractivity (Wildman–Crippen MR) is 72.3 cm³/mol. The summed E-state index contributed by atoms with van der Waals surface area (Å²) < 4.78 is 0. The number of aryl methyl sites for hydroxylation is 2. The monoisotopic (exact) mass is 220 g/mol. The molecule has 0 bridgehead atoms. The first-order valence-electron chi connectivity index (χ1n) is 6.04. The second kappa shape index (κ2) is 5.90. The molecule has 0 saturated heterocycles. The first-order chi connectivity index (χ1) is 7.58. The first kappa shape index (κ1) is 13.0. The molecule has 2 heteroatoms. The summed E-state index contributed by atoms with van der Waals surface area (Å²) in [6.45, 7) is 7.59. The van der Waals surface area contributed by atoms with E-state index in [1.54, 1.807) is 0 Å². The molecule has 0 fully saturated rings. The van der Waals surface area contributed by atoms with E-state index in [1.165, 1.54) is 16.8 Å². The molecule has 0 spiro atoms. The van der Waals surface area contributed by atoms with Crippen LogP contribution >= 0.6 is 0 Å². The fraction of sp³-hybridized carbons (Fsp3) is 0.571. The Morgan fingerprint density at radius 2 is 2.00 bits per heavy atom. The lowest BCUT2D eigenvalue weighted by molar-refractivity contribution is 0.543. The summed E-state index contributed by atoms with van der Waals surface area (Å²) in [5.74, 6) is 0. The van der Waals surface area contributed by atoms with Crippen LogP contribution in [0.2, 0.25) is 0 Å². The maximum Gasteiger partial charge on any atom is 0.0394 e. The third-order valence-corrected chi connectivity index (χ3v) is 3.16. The lowest BCUT2D eigenvalue weighted by atomic mass is 10.1. The van der Waals surface area contributed by atoms with Crippen molar-refractivity contribution in [1.29, 1.82) is 0 Å². The van der Waals surface area contributed by atoms with Crippen molar-refractivity contribution in [1.82, 2.24) is 5.32 Å². The Morgan fingerprint density at radius 1 is 1.31 bits per heavy atom. The molecule has 0 heterocycles. The van der Waals surface area contributed by atoms with Crippen molar-refractivity contribution < 1.29 is 0 Å². The summed E-state index contributed by atoms with van der Waals surface area (Å²) in [4.78, 5) is 2.33. The van der Waals surface area contributed by atoms with Gasteiger partial charge < -0.3 is 10.2 Å². The Hall–Kier alpha value is -1.02. The average Bonchev–Trinajstić information content (AvgIpc) is 2.25. The summed E-state index contributed by atoms with van der Waals surface area (Å²) in [6, 6.07) is 7.20. The van der Waals surface area contributed by atoms with Gasteiger partial charge in [-0.25, -0.2) is 0 Å². The van der Waals surface area contributed by atoms with Crippen molar-refractivity contribution in [3.8, 4) is 0 Å². The molecule has 0 radical (unpaired) electrons. The van der Waals surface area contributed by atoms with Gasteiger partial charge in [0.25, 0.3) is 0 Å². The molecule has 1 aromatic rings. The number of likely N-dealkylation sites (N-methyl/N-ethyl adjacent to an activating group) is 2. The number of nitrogens with one attached hydrogen (secondary N) is 1. The molecule has 0 saturated carbocycles. The largest absolute Gasteiger partial charge is 0.373 e. The highest BCUT2D eigenvalue weighted by Gasteiger charge is 2.09. The number of anilines is 1. The van der Waals surface area contributed by atoms with Gasteiger partial charge in [0.2, 0.25) is 0 Å². The molecule has 0 aliphatic carbocycles. The van der Waals surface area contributed by atoms with Crippen LogP contribution in [-0.2, 0) is 0 Å². The Kier molecular flexibility index (Phi) is 4.81. The molecule has 16 heavy (non-hydrogen) atoms. The van der Waals surface area contributed by atoms with Crippen LogP contribution in [-0.4, -0.2) is 26.7 Å². The fourth-order valence-electron chi connectivity index (χ4n) is 2.09. The van der Waals surface area contributed by atoms with E-state index in [0.717, 1.165) is 13.0 Å². The minimum absolute atomic E-state index is 0.561. The van der Waals surface area contributed by atoms with Crippen LogP contribution in [0.15, 0.2) is 18.2 Å². The average molecular weight is 220 g/mol. The summed E-state index contributed by atoms with van der Waals surface area (Å²) in [5, 5.41) is 3.34. The van der Waals surface area contributed by atoms with E-state index in [9.17, 15) is 0 Å². The topological polar surface area (TPSA) is 15.3 Å². The summed E-state index contributed by atoms with van der Waals surface area (Å²) >= 11 is 0. The molecular formula is C14H24N2. The molecule has 0 aliphatic rings. The molecule has 1 aromatic carbocycles. The molecule has 1 N–H and O–H groups in total. The first-order valence-corrected chi connectivity index (χ1v) is 6.04. The third-order valence-electron chi connectivity index (χ3n) is 3.16. The summed E-state index contributed by atoms with van der Waals surface area (Å²) in [5.41, 5.74) is 4.02. The second-order valence-electron chi connectivity index (χ2n) is 4.56. The molecule has 0 aromatic heterocycles.